The highest BCUT2D eigenvalue weighted by atomic mass is 32.2. The van der Waals surface area contributed by atoms with Crippen LogP contribution in [-0.2, 0) is 14.8 Å². The summed E-state index contributed by atoms with van der Waals surface area (Å²) in [6, 6.07) is 9.20. The molecular formula is C21H25NO6S. The number of rotatable bonds is 5. The van der Waals surface area contributed by atoms with E-state index in [-0.39, 0.29) is 10.5 Å². The molecule has 8 heteroatoms. The lowest BCUT2D eigenvalue weighted by Crippen LogP contribution is -2.41. The van der Waals surface area contributed by atoms with Crippen LogP contribution in [0.3, 0.4) is 0 Å². The predicted molar refractivity (Wildman–Crippen MR) is 108 cm³/mol. The largest absolute Gasteiger partial charge is 0.497 e. The molecule has 29 heavy (non-hydrogen) atoms. The maximum Gasteiger partial charge on any atom is 0.338 e. The van der Waals surface area contributed by atoms with Gasteiger partial charge in [-0.25, -0.2) is 17.9 Å². The van der Waals surface area contributed by atoms with Crippen LogP contribution in [0.25, 0.3) is 0 Å². The Morgan fingerprint density at radius 3 is 2.55 bits per heavy atom. The van der Waals surface area contributed by atoms with Gasteiger partial charge < -0.3 is 14.2 Å². The van der Waals surface area contributed by atoms with Crippen LogP contribution in [0.15, 0.2) is 41.3 Å². The van der Waals surface area contributed by atoms with E-state index in [1.54, 1.807) is 38.3 Å². The zero-order valence-corrected chi connectivity index (χ0v) is 17.9. The molecule has 0 bridgehead atoms. The molecule has 1 N–H and O–H groups in total. The molecule has 0 aromatic heterocycles. The molecule has 0 unspecified atom stereocenters. The number of ether oxygens (including phenoxy) is 3. The molecule has 1 aliphatic heterocycles. The van der Waals surface area contributed by atoms with Crippen LogP contribution in [0.5, 0.6) is 11.5 Å². The Balaban J connectivity index is 2.00. The van der Waals surface area contributed by atoms with E-state index in [2.05, 4.69) is 4.72 Å². The highest BCUT2D eigenvalue weighted by molar-refractivity contribution is 7.89. The van der Waals surface area contributed by atoms with Crippen molar-refractivity contribution in [2.45, 2.75) is 43.7 Å². The van der Waals surface area contributed by atoms with Crippen LogP contribution < -0.4 is 14.2 Å². The van der Waals surface area contributed by atoms with E-state index in [0.717, 1.165) is 0 Å². The molecule has 1 atom stereocenters. The van der Waals surface area contributed by atoms with Crippen molar-refractivity contribution in [3.8, 4) is 11.5 Å². The maximum absolute atomic E-state index is 13.1. The first-order valence-corrected chi connectivity index (χ1v) is 10.6. The minimum Gasteiger partial charge on any atom is -0.497 e. The number of benzene rings is 2. The monoisotopic (exact) mass is 419 g/mol. The van der Waals surface area contributed by atoms with E-state index in [1.807, 2.05) is 13.8 Å². The lowest BCUT2D eigenvalue weighted by atomic mass is 9.90. The van der Waals surface area contributed by atoms with Crippen molar-refractivity contribution in [2.24, 2.45) is 0 Å². The van der Waals surface area contributed by atoms with Gasteiger partial charge in [0.25, 0.3) is 0 Å². The van der Waals surface area contributed by atoms with Crippen molar-refractivity contribution in [3.63, 3.8) is 0 Å². The molecule has 0 fully saturated rings. The molecule has 156 valence electrons. The summed E-state index contributed by atoms with van der Waals surface area (Å²) in [5.41, 5.74) is 0.995. The van der Waals surface area contributed by atoms with Crippen LogP contribution in [0, 0.1) is 6.92 Å². The van der Waals surface area contributed by atoms with Crippen molar-refractivity contribution in [1.82, 2.24) is 4.72 Å². The Bertz CT molecular complexity index is 1050. The summed E-state index contributed by atoms with van der Waals surface area (Å²) < 4.78 is 45.0. The second-order valence-corrected chi connectivity index (χ2v) is 9.33. The lowest BCUT2D eigenvalue weighted by molar-refractivity contribution is 0.0599. The van der Waals surface area contributed by atoms with Crippen LogP contribution >= 0.6 is 0 Å². The van der Waals surface area contributed by atoms with Crippen LogP contribution in [-0.4, -0.2) is 34.2 Å². The fraction of sp³-hybridized carbons (Fsp3) is 0.381. The van der Waals surface area contributed by atoms with Crippen LogP contribution in [0.4, 0.5) is 0 Å². The Labute approximate surface area is 171 Å². The van der Waals surface area contributed by atoms with Crippen LogP contribution in [0.2, 0.25) is 0 Å². The summed E-state index contributed by atoms with van der Waals surface area (Å²) in [5, 5.41) is 0. The van der Waals surface area contributed by atoms with Gasteiger partial charge in [0.15, 0.2) is 0 Å². The molecule has 7 nitrogen and oxygen atoms in total. The zero-order valence-electron chi connectivity index (χ0n) is 17.1. The lowest BCUT2D eigenvalue weighted by Gasteiger charge is -2.37. The summed E-state index contributed by atoms with van der Waals surface area (Å²) >= 11 is 0. The Kier molecular flexibility index (Phi) is 5.60. The van der Waals surface area contributed by atoms with Gasteiger partial charge in [-0.1, -0.05) is 6.07 Å². The molecular weight excluding hydrogens is 394 g/mol. The molecule has 2 aromatic carbocycles. The van der Waals surface area contributed by atoms with E-state index in [9.17, 15) is 13.2 Å². The molecule has 1 aliphatic rings. The second-order valence-electron chi connectivity index (χ2n) is 7.61. The van der Waals surface area contributed by atoms with Crippen molar-refractivity contribution < 1.29 is 27.4 Å². The highest BCUT2D eigenvalue weighted by Crippen LogP contribution is 2.41. The fourth-order valence-electron chi connectivity index (χ4n) is 3.42. The maximum atomic E-state index is 13.1. The zero-order chi connectivity index (χ0) is 21.4. The van der Waals surface area contributed by atoms with Crippen molar-refractivity contribution in [1.29, 1.82) is 0 Å². The van der Waals surface area contributed by atoms with Gasteiger partial charge in [-0.05, 0) is 56.7 Å². The predicted octanol–water partition coefficient (Wildman–Crippen LogP) is 3.37. The summed E-state index contributed by atoms with van der Waals surface area (Å²) in [6.07, 6.45) is 0.433. The minimum absolute atomic E-state index is 0.00255. The second kappa shape index (κ2) is 7.68. The van der Waals surface area contributed by atoms with E-state index in [4.69, 9.17) is 14.2 Å². The first kappa shape index (κ1) is 21.1. The van der Waals surface area contributed by atoms with Gasteiger partial charge in [0.1, 0.15) is 17.1 Å². The SMILES string of the molecule is COC(=O)c1cc(S(=O)(=O)N[C@H]2CC(C)(C)Oc3ccc(OC)cc32)ccc1C. The van der Waals surface area contributed by atoms with Gasteiger partial charge in [-0.15, -0.1) is 0 Å². The van der Waals surface area contributed by atoms with Crippen molar-refractivity contribution in [3.05, 3.63) is 53.1 Å². The number of hydrogen-bond donors (Lipinski definition) is 1. The number of carbonyl (C=O) groups is 1. The smallest absolute Gasteiger partial charge is 0.338 e. The number of carbonyl (C=O) groups excluding carboxylic acids is 1. The number of fused-ring (bicyclic) bond motifs is 1. The van der Waals surface area contributed by atoms with Gasteiger partial charge in [0.2, 0.25) is 10.0 Å². The normalized spacial score (nSPS) is 17.8. The molecule has 0 saturated heterocycles. The molecule has 3 rings (SSSR count). The summed E-state index contributed by atoms with van der Waals surface area (Å²) in [4.78, 5) is 12.0. The van der Waals surface area contributed by atoms with Crippen molar-refractivity contribution >= 4 is 16.0 Å². The summed E-state index contributed by atoms with van der Waals surface area (Å²) in [6.45, 7) is 5.53. The summed E-state index contributed by atoms with van der Waals surface area (Å²) in [7, 11) is -1.10. The first-order valence-electron chi connectivity index (χ1n) is 9.14. The topological polar surface area (TPSA) is 90.9 Å². The first-order chi connectivity index (χ1) is 13.6. The molecule has 2 aromatic rings. The molecule has 0 spiro atoms. The Hall–Kier alpha value is -2.58. The molecule has 0 aliphatic carbocycles. The average Bonchev–Trinajstić information content (AvgIpc) is 2.66. The van der Waals surface area contributed by atoms with Gasteiger partial charge in [-0.2, -0.15) is 0 Å². The van der Waals surface area contributed by atoms with E-state index in [1.165, 1.54) is 19.2 Å². The number of hydrogen-bond acceptors (Lipinski definition) is 6. The van der Waals surface area contributed by atoms with Gasteiger partial charge in [0, 0.05) is 12.0 Å². The number of methoxy groups -OCH3 is 2. The number of nitrogens with one attached hydrogen (secondary N) is 1. The van der Waals surface area contributed by atoms with Crippen LogP contribution in [0.1, 0.15) is 47.8 Å². The van der Waals surface area contributed by atoms with Crippen molar-refractivity contribution in [2.75, 3.05) is 14.2 Å². The third-order valence-corrected chi connectivity index (χ3v) is 6.37. The van der Waals surface area contributed by atoms with E-state index >= 15 is 0 Å². The standard InChI is InChI=1S/C21H25NO6S/c1-13-6-8-15(11-16(13)20(23)27-5)29(24,25)22-18-12-21(2,3)28-19-9-7-14(26-4)10-17(18)19/h6-11,18,22H,12H2,1-5H3/t18-/m0/s1. The average molecular weight is 419 g/mol. The third kappa shape index (κ3) is 4.38. The Morgan fingerprint density at radius 2 is 1.90 bits per heavy atom. The van der Waals surface area contributed by atoms with Gasteiger partial charge in [0.05, 0.1) is 30.7 Å². The quantitative estimate of drug-likeness (QED) is 0.747. The fourth-order valence-corrected chi connectivity index (χ4v) is 4.66. The van der Waals surface area contributed by atoms with E-state index in [0.29, 0.717) is 29.0 Å². The highest BCUT2D eigenvalue weighted by Gasteiger charge is 2.36. The molecule has 0 radical (unpaired) electrons. The minimum atomic E-state index is -3.91. The van der Waals surface area contributed by atoms with Gasteiger partial charge >= 0.3 is 5.97 Å². The summed E-state index contributed by atoms with van der Waals surface area (Å²) in [5.74, 6) is 0.635. The van der Waals surface area contributed by atoms with E-state index < -0.39 is 27.6 Å². The molecule has 0 saturated carbocycles. The Morgan fingerprint density at radius 1 is 1.17 bits per heavy atom. The molecule has 1 heterocycles. The number of sulfonamides is 1. The third-order valence-electron chi connectivity index (χ3n) is 4.90. The number of aryl methyl sites for hydroxylation is 1. The molecule has 0 amide bonds. The number of esters is 1. The van der Waals surface area contributed by atoms with Gasteiger partial charge in [-0.3, -0.25) is 0 Å².